The maximum Gasteiger partial charge on any atom is 0.157 e. The van der Waals surface area contributed by atoms with Gasteiger partial charge in [0.15, 0.2) is 5.65 Å². The highest BCUT2D eigenvalue weighted by Crippen LogP contribution is 2.29. The molecule has 0 amide bonds. The van der Waals surface area contributed by atoms with E-state index in [0.29, 0.717) is 12.5 Å². The van der Waals surface area contributed by atoms with Gasteiger partial charge in [-0.2, -0.15) is 9.61 Å². The van der Waals surface area contributed by atoms with Crippen LogP contribution in [0.1, 0.15) is 49.6 Å². The summed E-state index contributed by atoms with van der Waals surface area (Å²) in [6.45, 7) is 8.65. The highest BCUT2D eigenvalue weighted by atomic mass is 16.5. The monoisotopic (exact) mass is 332 g/mol. The lowest BCUT2D eigenvalue weighted by Crippen LogP contribution is -2.24. The van der Waals surface area contributed by atoms with Crippen LogP contribution in [-0.4, -0.2) is 47.6 Å². The first kappa shape index (κ1) is 17.2. The molecule has 0 radical (unpaired) electrons. The Bertz CT molecular complexity index is 692. The van der Waals surface area contributed by atoms with Gasteiger partial charge >= 0.3 is 0 Å². The van der Waals surface area contributed by atoms with Gasteiger partial charge < -0.3 is 14.8 Å². The second-order valence-corrected chi connectivity index (χ2v) is 6.60. The van der Waals surface area contributed by atoms with Gasteiger partial charge in [0, 0.05) is 49.6 Å². The molecule has 0 unspecified atom stereocenters. The number of nitrogens with zero attached hydrogens (tertiary/aromatic N) is 3. The first-order chi connectivity index (χ1) is 11.6. The zero-order valence-corrected chi connectivity index (χ0v) is 15.1. The molecule has 24 heavy (non-hydrogen) atoms. The average molecular weight is 332 g/mol. The molecule has 2 aromatic heterocycles. The van der Waals surface area contributed by atoms with Gasteiger partial charge in [0.1, 0.15) is 5.82 Å². The van der Waals surface area contributed by atoms with Gasteiger partial charge in [0.05, 0.1) is 12.3 Å². The van der Waals surface area contributed by atoms with E-state index in [1.54, 1.807) is 7.11 Å². The molecule has 1 aliphatic heterocycles. The van der Waals surface area contributed by atoms with E-state index in [1.165, 1.54) is 5.56 Å². The molecule has 3 heterocycles. The summed E-state index contributed by atoms with van der Waals surface area (Å²) < 4.78 is 12.7. The van der Waals surface area contributed by atoms with Crippen LogP contribution in [-0.2, 0) is 15.9 Å². The first-order valence-electron chi connectivity index (χ1n) is 8.86. The second-order valence-electron chi connectivity index (χ2n) is 6.60. The molecule has 6 heteroatoms. The largest absolute Gasteiger partial charge is 0.383 e. The number of fused-ring (bicyclic) bond motifs is 1. The molecule has 3 rings (SSSR count). The molecule has 0 bridgehead atoms. The van der Waals surface area contributed by atoms with Crippen LogP contribution in [0.25, 0.3) is 5.65 Å². The van der Waals surface area contributed by atoms with Gasteiger partial charge in [-0.25, -0.2) is 4.98 Å². The van der Waals surface area contributed by atoms with Crippen molar-refractivity contribution in [2.75, 3.05) is 32.2 Å². The maximum absolute atomic E-state index is 5.48. The highest BCUT2D eigenvalue weighted by molar-refractivity contribution is 5.56. The smallest absolute Gasteiger partial charge is 0.157 e. The molecule has 1 N–H and O–H groups in total. The van der Waals surface area contributed by atoms with Gasteiger partial charge in [-0.05, 0) is 33.1 Å². The molecule has 2 aromatic rings. The van der Waals surface area contributed by atoms with E-state index in [-0.39, 0.29) is 6.04 Å². The van der Waals surface area contributed by atoms with Crippen LogP contribution in [0.2, 0.25) is 0 Å². The minimum atomic E-state index is 0.209. The van der Waals surface area contributed by atoms with E-state index >= 15 is 0 Å². The molecular formula is C18H28N4O2. The summed E-state index contributed by atoms with van der Waals surface area (Å²) in [5, 5.41) is 8.47. The number of aryl methyl sites for hydroxylation is 1. The second kappa shape index (κ2) is 7.49. The molecule has 1 atom stereocenters. The van der Waals surface area contributed by atoms with Crippen LogP contribution >= 0.6 is 0 Å². The Hall–Kier alpha value is -1.66. The molecule has 132 valence electrons. The quantitative estimate of drug-likeness (QED) is 0.881. The molecule has 0 aromatic carbocycles. The van der Waals surface area contributed by atoms with Crippen molar-refractivity contribution in [1.29, 1.82) is 0 Å². The number of nitrogens with one attached hydrogen (secondary N) is 1. The van der Waals surface area contributed by atoms with Crippen molar-refractivity contribution in [3.63, 3.8) is 0 Å². The zero-order chi connectivity index (χ0) is 17.1. The molecule has 1 fully saturated rings. The third kappa shape index (κ3) is 3.39. The SMILES string of the molecule is CCc1c(C)nc2cc(C3CCOCC3)nn2c1N[C@@H](C)COC. The fourth-order valence-corrected chi connectivity index (χ4v) is 3.46. The van der Waals surface area contributed by atoms with Gasteiger partial charge in [-0.3, -0.25) is 0 Å². The van der Waals surface area contributed by atoms with E-state index in [0.717, 1.165) is 55.3 Å². The topological polar surface area (TPSA) is 60.7 Å². The van der Waals surface area contributed by atoms with Crippen LogP contribution < -0.4 is 5.32 Å². The third-order valence-corrected chi connectivity index (χ3v) is 4.72. The van der Waals surface area contributed by atoms with Crippen LogP contribution in [0.15, 0.2) is 6.07 Å². The minimum Gasteiger partial charge on any atom is -0.383 e. The van der Waals surface area contributed by atoms with Gasteiger partial charge in [-0.15, -0.1) is 0 Å². The predicted molar refractivity (Wildman–Crippen MR) is 94.9 cm³/mol. The minimum absolute atomic E-state index is 0.209. The zero-order valence-electron chi connectivity index (χ0n) is 15.1. The van der Waals surface area contributed by atoms with E-state index in [1.807, 2.05) is 4.52 Å². The van der Waals surface area contributed by atoms with E-state index < -0.39 is 0 Å². The third-order valence-electron chi connectivity index (χ3n) is 4.72. The Morgan fingerprint density at radius 1 is 1.42 bits per heavy atom. The molecule has 0 saturated carbocycles. The number of anilines is 1. The van der Waals surface area contributed by atoms with Crippen molar-refractivity contribution < 1.29 is 9.47 Å². The summed E-state index contributed by atoms with van der Waals surface area (Å²) in [4.78, 5) is 4.77. The normalized spacial score (nSPS) is 17.3. The van der Waals surface area contributed by atoms with Crippen molar-refractivity contribution in [2.24, 2.45) is 0 Å². The van der Waals surface area contributed by atoms with E-state index in [9.17, 15) is 0 Å². The number of hydrogen-bond donors (Lipinski definition) is 1. The van der Waals surface area contributed by atoms with E-state index in [2.05, 4.69) is 32.2 Å². The van der Waals surface area contributed by atoms with Crippen LogP contribution in [0, 0.1) is 6.92 Å². The lowest BCUT2D eigenvalue weighted by molar-refractivity contribution is 0.0844. The number of methoxy groups -OCH3 is 1. The lowest BCUT2D eigenvalue weighted by Gasteiger charge is -2.20. The summed E-state index contributed by atoms with van der Waals surface area (Å²) in [5.41, 5.74) is 4.32. The van der Waals surface area contributed by atoms with Crippen molar-refractivity contribution in [3.05, 3.63) is 23.0 Å². The Kier molecular flexibility index (Phi) is 5.36. The molecule has 6 nitrogen and oxygen atoms in total. The van der Waals surface area contributed by atoms with Gasteiger partial charge in [0.25, 0.3) is 0 Å². The van der Waals surface area contributed by atoms with Crippen LogP contribution in [0.3, 0.4) is 0 Å². The number of aromatic nitrogens is 3. The number of hydrogen-bond acceptors (Lipinski definition) is 5. The predicted octanol–water partition coefficient (Wildman–Crippen LogP) is 2.94. The Balaban J connectivity index is 2.02. The maximum atomic E-state index is 5.48. The van der Waals surface area contributed by atoms with E-state index in [4.69, 9.17) is 19.6 Å². The first-order valence-corrected chi connectivity index (χ1v) is 8.86. The lowest BCUT2D eigenvalue weighted by atomic mass is 9.97. The fourth-order valence-electron chi connectivity index (χ4n) is 3.46. The molecule has 0 aliphatic carbocycles. The summed E-state index contributed by atoms with van der Waals surface area (Å²) in [7, 11) is 1.73. The molecular weight excluding hydrogens is 304 g/mol. The Morgan fingerprint density at radius 3 is 2.83 bits per heavy atom. The van der Waals surface area contributed by atoms with Gasteiger partial charge in [0.2, 0.25) is 0 Å². The standard InChI is InChI=1S/C18H28N4O2/c1-5-15-13(3)20-17-10-16(14-6-8-24-9-7-14)21-22(17)18(15)19-12(2)11-23-4/h10,12,14,19H,5-9,11H2,1-4H3/t12-/m0/s1. The number of ether oxygens (including phenoxy) is 2. The van der Waals surface area contributed by atoms with Crippen molar-refractivity contribution in [1.82, 2.24) is 14.6 Å². The van der Waals surface area contributed by atoms with Gasteiger partial charge in [-0.1, -0.05) is 6.92 Å². The summed E-state index contributed by atoms with van der Waals surface area (Å²) >= 11 is 0. The summed E-state index contributed by atoms with van der Waals surface area (Å²) in [5.74, 6) is 1.51. The summed E-state index contributed by atoms with van der Waals surface area (Å²) in [6.07, 6.45) is 2.99. The highest BCUT2D eigenvalue weighted by Gasteiger charge is 2.22. The molecule has 1 saturated heterocycles. The van der Waals surface area contributed by atoms with Crippen LogP contribution in [0.4, 0.5) is 5.82 Å². The fraction of sp³-hybridized carbons (Fsp3) is 0.667. The van der Waals surface area contributed by atoms with Crippen molar-refractivity contribution in [2.45, 2.75) is 52.0 Å². The van der Waals surface area contributed by atoms with Crippen molar-refractivity contribution >= 4 is 11.5 Å². The molecule has 1 aliphatic rings. The van der Waals surface area contributed by atoms with Crippen LogP contribution in [0.5, 0.6) is 0 Å². The number of rotatable bonds is 6. The summed E-state index contributed by atoms with van der Waals surface area (Å²) in [6, 6.07) is 2.34. The average Bonchev–Trinajstić information content (AvgIpc) is 3.00. The Labute approximate surface area is 143 Å². The Morgan fingerprint density at radius 2 is 2.17 bits per heavy atom. The van der Waals surface area contributed by atoms with Crippen molar-refractivity contribution in [3.8, 4) is 0 Å². The molecule has 0 spiro atoms.